The Bertz CT molecular complexity index is 1030. The van der Waals surface area contributed by atoms with Gasteiger partial charge in [-0.25, -0.2) is 22.5 Å². The number of halogens is 1. The van der Waals surface area contributed by atoms with E-state index in [1.807, 2.05) is 6.07 Å². The number of carbonyl (C=O) groups excluding carboxylic acids is 1. The van der Waals surface area contributed by atoms with Crippen molar-refractivity contribution in [3.63, 3.8) is 0 Å². The molecule has 8 nitrogen and oxygen atoms in total. The fourth-order valence-electron chi connectivity index (χ4n) is 2.67. The molecule has 0 radical (unpaired) electrons. The third-order valence-corrected chi connectivity index (χ3v) is 5.46. The molecule has 0 spiro atoms. The maximum Gasteiger partial charge on any atom is 0.243 e. The number of aromatic nitrogens is 1. The lowest BCUT2D eigenvalue weighted by Crippen LogP contribution is -2.30. The van der Waals surface area contributed by atoms with E-state index in [1.165, 1.54) is 12.3 Å². The van der Waals surface area contributed by atoms with Gasteiger partial charge >= 0.3 is 0 Å². The Labute approximate surface area is 155 Å². The normalized spacial score (nSPS) is 13.4. The van der Waals surface area contributed by atoms with Gasteiger partial charge in [-0.3, -0.25) is 4.79 Å². The molecule has 0 unspecified atom stereocenters. The molecule has 0 saturated heterocycles. The number of sulfonamides is 1. The number of nitrogens with zero attached hydrogens (tertiary/aromatic N) is 2. The molecule has 0 fully saturated rings. The fourth-order valence-corrected chi connectivity index (χ4v) is 3.81. The summed E-state index contributed by atoms with van der Waals surface area (Å²) in [6.45, 7) is 0.130. The Morgan fingerprint density at radius 3 is 2.89 bits per heavy atom. The van der Waals surface area contributed by atoms with E-state index in [0.717, 1.165) is 6.07 Å². The van der Waals surface area contributed by atoms with Gasteiger partial charge in [-0.1, -0.05) is 0 Å². The van der Waals surface area contributed by atoms with Gasteiger partial charge in [0.25, 0.3) is 0 Å². The van der Waals surface area contributed by atoms with Crippen LogP contribution in [0.4, 0.5) is 15.9 Å². The van der Waals surface area contributed by atoms with Crippen molar-refractivity contribution in [1.82, 2.24) is 9.71 Å². The highest BCUT2D eigenvalue weighted by molar-refractivity contribution is 7.89. The molecule has 1 aliphatic rings. The van der Waals surface area contributed by atoms with Gasteiger partial charge in [-0.15, -0.1) is 0 Å². The minimum Gasteiger partial charge on any atom is -0.368 e. The van der Waals surface area contributed by atoms with Gasteiger partial charge in [0, 0.05) is 31.4 Å². The highest BCUT2D eigenvalue weighted by Crippen LogP contribution is 2.28. The fraction of sp³-hybridized carbons (Fsp3) is 0.235. The Kier molecular flexibility index (Phi) is 5.34. The minimum absolute atomic E-state index is 0.0307. The van der Waals surface area contributed by atoms with Crippen LogP contribution >= 0.6 is 0 Å². The number of fused-ring (bicyclic) bond motifs is 1. The van der Waals surface area contributed by atoms with E-state index in [9.17, 15) is 17.6 Å². The van der Waals surface area contributed by atoms with Crippen LogP contribution in [0.5, 0.6) is 0 Å². The molecular weight excluding hydrogens is 373 g/mol. The van der Waals surface area contributed by atoms with E-state index in [0.29, 0.717) is 29.1 Å². The smallest absolute Gasteiger partial charge is 0.243 e. The van der Waals surface area contributed by atoms with E-state index < -0.39 is 20.7 Å². The summed E-state index contributed by atoms with van der Waals surface area (Å²) in [4.78, 5) is 14.9. The summed E-state index contributed by atoms with van der Waals surface area (Å²) in [7, 11) is -4.07. The summed E-state index contributed by atoms with van der Waals surface area (Å²) < 4.78 is 41.4. The number of pyridine rings is 1. The number of hydrogen-bond donors (Lipinski definition) is 3. The minimum atomic E-state index is -4.07. The first-order chi connectivity index (χ1) is 12.9. The van der Waals surface area contributed by atoms with Crippen molar-refractivity contribution in [2.24, 2.45) is 0 Å². The lowest BCUT2D eigenvalue weighted by Gasteiger charge is -2.18. The first-order valence-electron chi connectivity index (χ1n) is 8.11. The van der Waals surface area contributed by atoms with Crippen molar-refractivity contribution in [2.75, 3.05) is 23.7 Å². The number of nitriles is 1. The summed E-state index contributed by atoms with van der Waals surface area (Å²) >= 11 is 0. The van der Waals surface area contributed by atoms with E-state index in [4.69, 9.17) is 5.26 Å². The lowest BCUT2D eigenvalue weighted by molar-refractivity contribution is -0.116. The number of anilines is 2. The van der Waals surface area contributed by atoms with Gasteiger partial charge in [0.2, 0.25) is 15.9 Å². The predicted molar refractivity (Wildman–Crippen MR) is 96.0 cm³/mol. The van der Waals surface area contributed by atoms with Gasteiger partial charge in [-0.05, 0) is 36.2 Å². The highest BCUT2D eigenvalue weighted by Gasteiger charge is 2.24. The van der Waals surface area contributed by atoms with Crippen molar-refractivity contribution in [3.8, 4) is 6.07 Å². The first-order valence-corrected chi connectivity index (χ1v) is 9.60. The molecule has 1 aromatic heterocycles. The lowest BCUT2D eigenvalue weighted by atomic mass is 10.0. The zero-order chi connectivity index (χ0) is 19.4. The molecule has 0 bridgehead atoms. The summed E-state index contributed by atoms with van der Waals surface area (Å²) in [6, 6.07) is 7.44. The molecule has 27 heavy (non-hydrogen) atoms. The first kappa shape index (κ1) is 18.8. The standard InChI is InChI=1S/C17H16FN5O3S/c18-13-9-14-11(3-4-16(24)23-14)8-15(13)27(25,26)22-7-6-21-17-12(10-19)2-1-5-20-17/h1-2,5,8-9,22H,3-4,6-7H2,(H,20,21)(H,23,24). The number of carbonyl (C=O) groups is 1. The number of nitrogens with one attached hydrogen (secondary N) is 3. The SMILES string of the molecule is N#Cc1cccnc1NCCNS(=O)(=O)c1cc2c(cc1F)NC(=O)CC2. The molecule has 0 aliphatic carbocycles. The van der Waals surface area contributed by atoms with E-state index in [-0.39, 0.29) is 25.4 Å². The molecule has 3 N–H and O–H groups in total. The molecular formula is C17H16FN5O3S. The van der Waals surface area contributed by atoms with Crippen LogP contribution in [-0.4, -0.2) is 32.4 Å². The molecule has 140 valence electrons. The summed E-state index contributed by atoms with van der Waals surface area (Å²) in [6.07, 6.45) is 2.08. The van der Waals surface area contributed by atoms with Crippen molar-refractivity contribution in [2.45, 2.75) is 17.7 Å². The van der Waals surface area contributed by atoms with Gasteiger partial charge in [0.05, 0.1) is 5.56 Å². The average molecular weight is 389 g/mol. The van der Waals surface area contributed by atoms with E-state index in [1.54, 1.807) is 12.1 Å². The number of aryl methyl sites for hydroxylation is 1. The molecule has 0 saturated carbocycles. The van der Waals surface area contributed by atoms with Gasteiger partial charge in [0.1, 0.15) is 22.6 Å². The van der Waals surface area contributed by atoms with Crippen molar-refractivity contribution in [1.29, 1.82) is 5.26 Å². The number of amides is 1. The zero-order valence-corrected chi connectivity index (χ0v) is 14.9. The zero-order valence-electron chi connectivity index (χ0n) is 14.1. The maximum atomic E-state index is 14.2. The highest BCUT2D eigenvalue weighted by atomic mass is 32.2. The Balaban J connectivity index is 1.67. The average Bonchev–Trinajstić information content (AvgIpc) is 2.64. The van der Waals surface area contributed by atoms with E-state index >= 15 is 0 Å². The summed E-state index contributed by atoms with van der Waals surface area (Å²) in [5.41, 5.74) is 1.20. The van der Waals surface area contributed by atoms with Crippen LogP contribution in [-0.2, 0) is 21.2 Å². The predicted octanol–water partition coefficient (Wildman–Crippen LogP) is 1.37. The quantitative estimate of drug-likeness (QED) is 0.641. The monoisotopic (exact) mass is 389 g/mol. The van der Waals surface area contributed by atoms with Crippen LogP contribution in [0.3, 0.4) is 0 Å². The Hall–Kier alpha value is -3.03. The summed E-state index contributed by atoms with van der Waals surface area (Å²) in [5.74, 6) is -0.823. The number of rotatable bonds is 6. The third kappa shape index (κ3) is 4.21. The van der Waals surface area contributed by atoms with Crippen molar-refractivity contribution >= 4 is 27.4 Å². The van der Waals surface area contributed by atoms with Crippen LogP contribution in [0.15, 0.2) is 35.4 Å². The van der Waals surface area contributed by atoms with Crippen LogP contribution < -0.4 is 15.4 Å². The van der Waals surface area contributed by atoms with Crippen molar-refractivity contribution in [3.05, 3.63) is 47.4 Å². The van der Waals surface area contributed by atoms with E-state index in [2.05, 4.69) is 20.3 Å². The largest absolute Gasteiger partial charge is 0.368 e. The van der Waals surface area contributed by atoms with Crippen LogP contribution in [0.25, 0.3) is 0 Å². The second-order valence-electron chi connectivity index (χ2n) is 5.82. The second kappa shape index (κ2) is 7.69. The third-order valence-electron chi connectivity index (χ3n) is 3.98. The molecule has 0 atom stereocenters. The van der Waals surface area contributed by atoms with Gasteiger partial charge < -0.3 is 10.6 Å². The molecule has 1 aliphatic heterocycles. The molecule has 2 aromatic rings. The van der Waals surface area contributed by atoms with Gasteiger partial charge in [0.15, 0.2) is 0 Å². The number of benzene rings is 1. The topological polar surface area (TPSA) is 124 Å². The van der Waals surface area contributed by atoms with Crippen LogP contribution in [0.2, 0.25) is 0 Å². The van der Waals surface area contributed by atoms with Crippen LogP contribution in [0.1, 0.15) is 17.5 Å². The second-order valence-corrected chi connectivity index (χ2v) is 7.56. The van der Waals surface area contributed by atoms with Gasteiger partial charge in [-0.2, -0.15) is 5.26 Å². The van der Waals surface area contributed by atoms with Crippen LogP contribution in [0, 0.1) is 17.1 Å². The summed E-state index contributed by atoms with van der Waals surface area (Å²) in [5, 5.41) is 14.4. The maximum absolute atomic E-state index is 14.2. The molecule has 1 amide bonds. The molecule has 1 aromatic carbocycles. The molecule has 10 heteroatoms. The molecule has 2 heterocycles. The van der Waals surface area contributed by atoms with Crippen molar-refractivity contribution < 1.29 is 17.6 Å². The number of hydrogen-bond acceptors (Lipinski definition) is 6. The Morgan fingerprint density at radius 2 is 2.11 bits per heavy atom. The molecule has 3 rings (SSSR count). The Morgan fingerprint density at radius 1 is 1.30 bits per heavy atom.